The van der Waals surface area contributed by atoms with E-state index in [0.29, 0.717) is 37.5 Å². The Bertz CT molecular complexity index is 1320. The minimum absolute atomic E-state index is 0.254. The Balaban J connectivity index is 1.17. The first kappa shape index (κ1) is 24.8. The molecule has 13 heteroatoms. The van der Waals surface area contributed by atoms with Gasteiger partial charge in [-0.25, -0.2) is 24.3 Å². The minimum Gasteiger partial charge on any atom is -0.391 e. The van der Waals surface area contributed by atoms with Crippen molar-refractivity contribution in [1.29, 1.82) is 0 Å². The molecule has 4 heterocycles. The van der Waals surface area contributed by atoms with Crippen molar-refractivity contribution >= 4 is 35.3 Å². The predicted molar refractivity (Wildman–Crippen MR) is 139 cm³/mol. The van der Waals surface area contributed by atoms with Gasteiger partial charge in [-0.1, -0.05) is 11.8 Å². The molecule has 5 rings (SSSR count). The number of halogens is 1. The second-order valence-corrected chi connectivity index (χ2v) is 9.83. The number of hydrogen-bond donors (Lipinski definition) is 2. The number of aliphatic hydroxyl groups is 1. The summed E-state index contributed by atoms with van der Waals surface area (Å²) in [5.74, 6) is 1.45. The average molecular weight is 523 g/mol. The summed E-state index contributed by atoms with van der Waals surface area (Å²) in [4.78, 5) is 28.3. The number of anilines is 4. The first-order valence-electron chi connectivity index (χ1n) is 11.9. The van der Waals surface area contributed by atoms with Gasteiger partial charge in [-0.15, -0.1) is 0 Å². The molecule has 1 aliphatic rings. The number of piperazine rings is 1. The normalized spacial score (nSPS) is 14.6. The van der Waals surface area contributed by atoms with E-state index in [2.05, 4.69) is 45.1 Å². The number of aryl methyl sites for hydroxylation is 1. The topological polar surface area (TPSA) is 121 Å². The van der Waals surface area contributed by atoms with Crippen molar-refractivity contribution in [2.75, 3.05) is 41.3 Å². The van der Waals surface area contributed by atoms with Gasteiger partial charge < -0.3 is 20.2 Å². The van der Waals surface area contributed by atoms with Crippen LogP contribution in [0.3, 0.4) is 0 Å². The highest BCUT2D eigenvalue weighted by atomic mass is 32.2. The van der Waals surface area contributed by atoms with Crippen LogP contribution in [0.1, 0.15) is 12.6 Å². The molecule has 4 aromatic rings. The lowest BCUT2D eigenvalue weighted by molar-refractivity contribution is 0.168. The van der Waals surface area contributed by atoms with Crippen molar-refractivity contribution < 1.29 is 9.50 Å². The smallest absolute Gasteiger partial charge is 0.232 e. The highest BCUT2D eigenvalue weighted by molar-refractivity contribution is 7.99. The number of aromatic nitrogens is 7. The molecule has 1 aliphatic heterocycles. The number of nitrogens with one attached hydrogen (secondary N) is 1. The monoisotopic (exact) mass is 522 g/mol. The quantitative estimate of drug-likeness (QED) is 0.355. The van der Waals surface area contributed by atoms with Gasteiger partial charge in [0.1, 0.15) is 12.1 Å². The van der Waals surface area contributed by atoms with Crippen LogP contribution in [-0.4, -0.2) is 72.1 Å². The van der Waals surface area contributed by atoms with Crippen molar-refractivity contribution in [2.24, 2.45) is 0 Å². The third-order valence-electron chi connectivity index (χ3n) is 5.71. The van der Waals surface area contributed by atoms with E-state index in [-0.39, 0.29) is 5.82 Å². The number of nitrogens with zero attached hydrogens (tertiary/aromatic N) is 9. The highest BCUT2D eigenvalue weighted by Gasteiger charge is 2.21. The average Bonchev–Trinajstić information content (AvgIpc) is 3.23. The fraction of sp³-hybridized carbons (Fsp3) is 0.333. The van der Waals surface area contributed by atoms with Gasteiger partial charge in [-0.05, 0) is 38.1 Å². The zero-order valence-electron chi connectivity index (χ0n) is 20.5. The van der Waals surface area contributed by atoms with Crippen LogP contribution in [-0.2, 0) is 6.54 Å². The maximum absolute atomic E-state index is 13.1. The predicted octanol–water partition coefficient (Wildman–Crippen LogP) is 2.91. The molecule has 0 radical (unpaired) electrons. The molecule has 1 fully saturated rings. The lowest BCUT2D eigenvalue weighted by atomic mass is 10.3. The largest absolute Gasteiger partial charge is 0.391 e. The molecular weight excluding hydrogens is 495 g/mol. The maximum atomic E-state index is 13.1. The van der Waals surface area contributed by atoms with Crippen LogP contribution < -0.4 is 15.1 Å². The Kier molecular flexibility index (Phi) is 7.42. The van der Waals surface area contributed by atoms with Crippen molar-refractivity contribution in [3.8, 4) is 0 Å². The molecule has 1 aromatic carbocycles. The molecule has 11 nitrogen and oxygen atoms in total. The molecule has 0 spiro atoms. The summed E-state index contributed by atoms with van der Waals surface area (Å²) in [6.07, 6.45) is 6.41. The first-order valence-corrected chi connectivity index (χ1v) is 12.7. The number of rotatable bonds is 8. The zero-order valence-corrected chi connectivity index (χ0v) is 21.3. The summed E-state index contributed by atoms with van der Waals surface area (Å²) in [5, 5.41) is 17.2. The van der Waals surface area contributed by atoms with E-state index in [0.717, 1.165) is 34.3 Å². The standard InChI is InChI=1S/C24H27FN10OS/c1-16(36)13-35-14-21(17(2)32-35)30-22-28-15-29-24(31-22)34-9-7-33(8-10-34)23-26-11-20(12-27-23)37-19-5-3-18(25)4-6-19/h3-6,11-12,14-16,36H,7-10,13H2,1-2H3,(H,28,29,30,31). The molecule has 1 atom stereocenters. The van der Waals surface area contributed by atoms with Crippen LogP contribution in [0.5, 0.6) is 0 Å². The van der Waals surface area contributed by atoms with E-state index in [1.807, 2.05) is 13.1 Å². The molecule has 0 aliphatic carbocycles. The summed E-state index contributed by atoms with van der Waals surface area (Å²) in [5.41, 5.74) is 1.57. The molecular formula is C24H27FN10OS. The molecule has 2 N–H and O–H groups in total. The van der Waals surface area contributed by atoms with Crippen molar-refractivity contribution in [3.63, 3.8) is 0 Å². The van der Waals surface area contributed by atoms with Crippen LogP contribution in [0.2, 0.25) is 0 Å². The van der Waals surface area contributed by atoms with Gasteiger partial charge in [0.15, 0.2) is 0 Å². The first-order chi connectivity index (χ1) is 17.9. The summed E-state index contributed by atoms with van der Waals surface area (Å²) >= 11 is 1.49. The Morgan fingerprint density at radius 1 is 0.973 bits per heavy atom. The fourth-order valence-corrected chi connectivity index (χ4v) is 4.65. The van der Waals surface area contributed by atoms with E-state index in [1.165, 1.54) is 30.2 Å². The van der Waals surface area contributed by atoms with Crippen LogP contribution >= 0.6 is 11.8 Å². The van der Waals surface area contributed by atoms with Crippen LogP contribution in [0.15, 0.2) is 59.0 Å². The van der Waals surface area contributed by atoms with E-state index in [1.54, 1.807) is 36.1 Å². The van der Waals surface area contributed by atoms with Crippen molar-refractivity contribution in [2.45, 2.75) is 36.3 Å². The Hall–Kier alpha value is -3.84. The van der Waals surface area contributed by atoms with Crippen molar-refractivity contribution in [1.82, 2.24) is 34.7 Å². The molecule has 1 unspecified atom stereocenters. The number of benzene rings is 1. The van der Waals surface area contributed by atoms with Gasteiger partial charge in [0.25, 0.3) is 0 Å². The number of hydrogen-bond acceptors (Lipinski definition) is 11. The zero-order chi connectivity index (χ0) is 25.8. The van der Waals surface area contributed by atoms with Gasteiger partial charge in [0.2, 0.25) is 17.8 Å². The third kappa shape index (κ3) is 6.30. The minimum atomic E-state index is -0.488. The third-order valence-corrected chi connectivity index (χ3v) is 6.67. The molecule has 0 saturated carbocycles. The van der Waals surface area contributed by atoms with Crippen LogP contribution in [0.4, 0.5) is 27.9 Å². The van der Waals surface area contributed by atoms with Gasteiger partial charge in [-0.3, -0.25) is 4.68 Å². The van der Waals surface area contributed by atoms with E-state index >= 15 is 0 Å². The highest BCUT2D eigenvalue weighted by Crippen LogP contribution is 2.27. The van der Waals surface area contributed by atoms with Crippen LogP contribution in [0.25, 0.3) is 0 Å². The molecule has 37 heavy (non-hydrogen) atoms. The Labute approximate surface area is 217 Å². The van der Waals surface area contributed by atoms with E-state index < -0.39 is 6.10 Å². The van der Waals surface area contributed by atoms with Gasteiger partial charge in [0, 0.05) is 54.6 Å². The Morgan fingerprint density at radius 3 is 2.32 bits per heavy atom. The summed E-state index contributed by atoms with van der Waals surface area (Å²) in [7, 11) is 0. The van der Waals surface area contributed by atoms with Crippen LogP contribution in [0, 0.1) is 12.7 Å². The Morgan fingerprint density at radius 2 is 1.65 bits per heavy atom. The lowest BCUT2D eigenvalue weighted by Crippen LogP contribution is -2.47. The molecule has 0 amide bonds. The maximum Gasteiger partial charge on any atom is 0.232 e. The number of aliphatic hydroxyl groups excluding tert-OH is 1. The summed E-state index contributed by atoms with van der Waals surface area (Å²) in [6.45, 7) is 6.90. The summed E-state index contributed by atoms with van der Waals surface area (Å²) in [6, 6.07) is 6.36. The summed E-state index contributed by atoms with van der Waals surface area (Å²) < 4.78 is 14.8. The second kappa shape index (κ2) is 11.0. The SMILES string of the molecule is Cc1nn(CC(C)O)cc1Nc1ncnc(N2CCN(c3ncc(Sc4ccc(F)cc4)cn3)CC2)n1. The van der Waals surface area contributed by atoms with Gasteiger partial charge in [-0.2, -0.15) is 10.1 Å². The van der Waals surface area contributed by atoms with E-state index in [4.69, 9.17) is 0 Å². The molecule has 192 valence electrons. The lowest BCUT2D eigenvalue weighted by Gasteiger charge is -2.34. The molecule has 0 bridgehead atoms. The molecule has 1 saturated heterocycles. The van der Waals surface area contributed by atoms with Gasteiger partial charge in [0.05, 0.1) is 24.0 Å². The fourth-order valence-electron chi connectivity index (χ4n) is 3.90. The second-order valence-electron chi connectivity index (χ2n) is 8.68. The van der Waals surface area contributed by atoms with Gasteiger partial charge >= 0.3 is 0 Å². The molecule has 3 aromatic heterocycles. The van der Waals surface area contributed by atoms with Crippen molar-refractivity contribution in [3.05, 3.63) is 60.7 Å². The van der Waals surface area contributed by atoms with E-state index in [9.17, 15) is 9.50 Å².